The van der Waals surface area contributed by atoms with Gasteiger partial charge in [0, 0.05) is 25.7 Å². The minimum absolute atomic E-state index is 0.239. The molecule has 2 aliphatic rings. The van der Waals surface area contributed by atoms with Crippen molar-refractivity contribution < 1.29 is 9.84 Å². The molecule has 0 aromatic rings. The number of morpholine rings is 1. The summed E-state index contributed by atoms with van der Waals surface area (Å²) in [6.07, 6.45) is 3.39. The quantitative estimate of drug-likeness (QED) is 0.758. The van der Waals surface area contributed by atoms with Crippen LogP contribution in [0, 0.1) is 0 Å². The van der Waals surface area contributed by atoms with Gasteiger partial charge in [0.1, 0.15) is 0 Å². The van der Waals surface area contributed by atoms with Crippen LogP contribution in [0.1, 0.15) is 33.1 Å². The fourth-order valence-corrected chi connectivity index (χ4v) is 2.94. The van der Waals surface area contributed by atoms with E-state index in [4.69, 9.17) is 4.74 Å². The van der Waals surface area contributed by atoms with Crippen LogP contribution in [-0.2, 0) is 4.74 Å². The standard InChI is InChI=1S/C13H26N2O2/c1-3-15-7-8-17-11(10-15)9-14-12-5-4-6-13(12,2)16/h11-12,14,16H,3-10H2,1-2H3. The van der Waals surface area contributed by atoms with Crippen molar-refractivity contribution in [3.05, 3.63) is 0 Å². The van der Waals surface area contributed by atoms with Gasteiger partial charge in [-0.05, 0) is 32.7 Å². The normalized spacial score (nSPS) is 39.7. The first-order chi connectivity index (χ1) is 8.12. The fraction of sp³-hybridized carbons (Fsp3) is 1.00. The SMILES string of the molecule is CCN1CCOC(CNC2CCCC2(C)O)C1. The molecule has 2 rings (SSSR count). The van der Waals surface area contributed by atoms with Crippen molar-refractivity contribution in [2.75, 3.05) is 32.8 Å². The van der Waals surface area contributed by atoms with E-state index in [9.17, 15) is 5.11 Å². The Hall–Kier alpha value is -0.160. The molecule has 1 heterocycles. The number of ether oxygens (including phenoxy) is 1. The number of likely N-dealkylation sites (N-methyl/N-ethyl adjacent to an activating group) is 1. The van der Waals surface area contributed by atoms with Crippen LogP contribution < -0.4 is 5.32 Å². The van der Waals surface area contributed by atoms with E-state index in [1.165, 1.54) is 0 Å². The summed E-state index contributed by atoms with van der Waals surface area (Å²) in [5, 5.41) is 13.7. The molecular weight excluding hydrogens is 216 g/mol. The van der Waals surface area contributed by atoms with Gasteiger partial charge in [-0.3, -0.25) is 4.90 Å². The van der Waals surface area contributed by atoms with Crippen LogP contribution in [0.3, 0.4) is 0 Å². The molecule has 1 aliphatic heterocycles. The molecule has 0 radical (unpaired) electrons. The van der Waals surface area contributed by atoms with Gasteiger partial charge in [0.2, 0.25) is 0 Å². The van der Waals surface area contributed by atoms with Crippen LogP contribution >= 0.6 is 0 Å². The summed E-state index contributed by atoms with van der Waals surface area (Å²) in [7, 11) is 0. The Bertz CT molecular complexity index is 246. The topological polar surface area (TPSA) is 44.7 Å². The molecule has 1 aliphatic carbocycles. The number of hydrogen-bond acceptors (Lipinski definition) is 4. The lowest BCUT2D eigenvalue weighted by atomic mass is 10.0. The third kappa shape index (κ3) is 3.41. The second kappa shape index (κ2) is 5.65. The monoisotopic (exact) mass is 242 g/mol. The molecule has 0 spiro atoms. The van der Waals surface area contributed by atoms with E-state index < -0.39 is 5.60 Å². The largest absolute Gasteiger partial charge is 0.389 e. The van der Waals surface area contributed by atoms with Gasteiger partial charge < -0.3 is 15.2 Å². The van der Waals surface area contributed by atoms with E-state index in [1.54, 1.807) is 0 Å². The van der Waals surface area contributed by atoms with E-state index in [0.717, 1.165) is 52.0 Å². The maximum atomic E-state index is 10.2. The van der Waals surface area contributed by atoms with Gasteiger partial charge in [0.15, 0.2) is 0 Å². The third-order valence-corrected chi connectivity index (χ3v) is 4.19. The second-order valence-corrected chi connectivity index (χ2v) is 5.60. The van der Waals surface area contributed by atoms with Gasteiger partial charge in [0.05, 0.1) is 18.3 Å². The summed E-state index contributed by atoms with van der Waals surface area (Å²) in [6.45, 7) is 8.99. The van der Waals surface area contributed by atoms with Crippen LogP contribution in [0.2, 0.25) is 0 Å². The Morgan fingerprint density at radius 3 is 3.00 bits per heavy atom. The van der Waals surface area contributed by atoms with Gasteiger partial charge in [-0.25, -0.2) is 0 Å². The molecule has 100 valence electrons. The molecule has 1 saturated carbocycles. The second-order valence-electron chi connectivity index (χ2n) is 5.60. The lowest BCUT2D eigenvalue weighted by Gasteiger charge is -2.34. The van der Waals surface area contributed by atoms with E-state index in [-0.39, 0.29) is 12.1 Å². The number of nitrogens with zero attached hydrogens (tertiary/aromatic N) is 1. The zero-order valence-electron chi connectivity index (χ0n) is 11.1. The van der Waals surface area contributed by atoms with Crippen molar-refractivity contribution in [2.24, 2.45) is 0 Å². The van der Waals surface area contributed by atoms with E-state index >= 15 is 0 Å². The number of aliphatic hydroxyl groups is 1. The third-order valence-electron chi connectivity index (χ3n) is 4.19. The average molecular weight is 242 g/mol. The van der Waals surface area contributed by atoms with Crippen molar-refractivity contribution in [1.82, 2.24) is 10.2 Å². The first kappa shape index (κ1) is 13.3. The van der Waals surface area contributed by atoms with Crippen LogP contribution in [0.5, 0.6) is 0 Å². The summed E-state index contributed by atoms with van der Waals surface area (Å²) >= 11 is 0. The first-order valence-electron chi connectivity index (χ1n) is 6.91. The molecule has 0 bridgehead atoms. The Morgan fingerprint density at radius 2 is 2.35 bits per heavy atom. The maximum Gasteiger partial charge on any atom is 0.0826 e. The smallest absolute Gasteiger partial charge is 0.0826 e. The Labute approximate surface area is 104 Å². The zero-order valence-corrected chi connectivity index (χ0v) is 11.1. The highest BCUT2D eigenvalue weighted by Crippen LogP contribution is 2.29. The number of hydrogen-bond donors (Lipinski definition) is 2. The predicted octanol–water partition coefficient (Wildman–Crippen LogP) is 0.600. The molecule has 2 N–H and O–H groups in total. The Balaban J connectivity index is 1.74. The van der Waals surface area contributed by atoms with Gasteiger partial charge in [0.25, 0.3) is 0 Å². The average Bonchev–Trinajstić information content (AvgIpc) is 2.66. The van der Waals surface area contributed by atoms with Crippen LogP contribution in [-0.4, -0.2) is 60.5 Å². The number of nitrogens with one attached hydrogen (secondary N) is 1. The van der Waals surface area contributed by atoms with Crippen molar-refractivity contribution in [1.29, 1.82) is 0 Å². The lowest BCUT2D eigenvalue weighted by Crippen LogP contribution is -2.51. The van der Waals surface area contributed by atoms with Crippen molar-refractivity contribution in [3.8, 4) is 0 Å². The molecule has 3 unspecified atom stereocenters. The van der Waals surface area contributed by atoms with E-state index in [1.807, 2.05) is 6.92 Å². The number of rotatable bonds is 4. The van der Waals surface area contributed by atoms with Gasteiger partial charge >= 0.3 is 0 Å². The molecule has 0 aromatic carbocycles. The maximum absolute atomic E-state index is 10.2. The lowest BCUT2D eigenvalue weighted by molar-refractivity contribution is -0.0319. The first-order valence-corrected chi connectivity index (χ1v) is 6.91. The van der Waals surface area contributed by atoms with Crippen LogP contribution in [0.15, 0.2) is 0 Å². The van der Waals surface area contributed by atoms with Crippen LogP contribution in [0.4, 0.5) is 0 Å². The molecule has 0 amide bonds. The molecule has 1 saturated heterocycles. The summed E-state index contributed by atoms with van der Waals surface area (Å²) in [4.78, 5) is 2.42. The van der Waals surface area contributed by atoms with E-state index in [0.29, 0.717) is 0 Å². The highest BCUT2D eigenvalue weighted by atomic mass is 16.5. The predicted molar refractivity (Wildman–Crippen MR) is 68.1 cm³/mol. The molecular formula is C13H26N2O2. The van der Waals surface area contributed by atoms with E-state index in [2.05, 4.69) is 17.1 Å². The minimum atomic E-state index is -0.529. The van der Waals surface area contributed by atoms with Crippen molar-refractivity contribution in [2.45, 2.75) is 50.9 Å². The Kier molecular flexibility index (Phi) is 4.42. The van der Waals surface area contributed by atoms with Gasteiger partial charge in [-0.15, -0.1) is 0 Å². The fourth-order valence-electron chi connectivity index (χ4n) is 2.94. The summed E-state index contributed by atoms with van der Waals surface area (Å²) in [5.41, 5.74) is -0.529. The molecule has 17 heavy (non-hydrogen) atoms. The van der Waals surface area contributed by atoms with Crippen molar-refractivity contribution >= 4 is 0 Å². The molecule has 4 nitrogen and oxygen atoms in total. The summed E-state index contributed by atoms with van der Waals surface area (Å²) in [5.74, 6) is 0. The molecule has 3 atom stereocenters. The molecule has 2 fully saturated rings. The summed E-state index contributed by atoms with van der Waals surface area (Å²) < 4.78 is 5.75. The van der Waals surface area contributed by atoms with Gasteiger partial charge in [-0.1, -0.05) is 6.92 Å². The summed E-state index contributed by atoms with van der Waals surface area (Å²) in [6, 6.07) is 0.239. The van der Waals surface area contributed by atoms with Crippen molar-refractivity contribution in [3.63, 3.8) is 0 Å². The van der Waals surface area contributed by atoms with Gasteiger partial charge in [-0.2, -0.15) is 0 Å². The molecule has 0 aromatic heterocycles. The minimum Gasteiger partial charge on any atom is -0.389 e. The highest BCUT2D eigenvalue weighted by Gasteiger charge is 2.36. The Morgan fingerprint density at radius 1 is 1.53 bits per heavy atom. The highest BCUT2D eigenvalue weighted by molar-refractivity contribution is 4.94. The zero-order chi connectivity index (χ0) is 12.3. The molecule has 4 heteroatoms. The van der Waals surface area contributed by atoms with Crippen LogP contribution in [0.25, 0.3) is 0 Å².